The van der Waals surface area contributed by atoms with Gasteiger partial charge < -0.3 is 5.32 Å². The fourth-order valence-electron chi connectivity index (χ4n) is 3.21. The number of benzene rings is 2. The first-order valence-electron chi connectivity index (χ1n) is 8.71. The maximum absolute atomic E-state index is 13.1. The van der Waals surface area contributed by atoms with Crippen molar-refractivity contribution < 1.29 is 9.59 Å². The van der Waals surface area contributed by atoms with Crippen molar-refractivity contribution in [2.24, 2.45) is 0 Å². The van der Waals surface area contributed by atoms with Gasteiger partial charge in [-0.3, -0.25) is 9.69 Å². The summed E-state index contributed by atoms with van der Waals surface area (Å²) in [7, 11) is 0. The molecule has 1 N–H and O–H groups in total. The van der Waals surface area contributed by atoms with Crippen molar-refractivity contribution >= 4 is 35.1 Å². The van der Waals surface area contributed by atoms with Gasteiger partial charge in [-0.05, 0) is 31.2 Å². The highest BCUT2D eigenvalue weighted by Crippen LogP contribution is 2.35. The van der Waals surface area contributed by atoms with Crippen molar-refractivity contribution in [2.75, 3.05) is 13.2 Å². The van der Waals surface area contributed by atoms with Crippen LogP contribution in [0.5, 0.6) is 0 Å². The fraction of sp³-hybridized carbons (Fsp3) is 0.300. The number of amides is 3. The molecular weight excluding hydrogens is 385 g/mol. The minimum absolute atomic E-state index is 0.205. The number of nitrogens with zero attached hydrogens (tertiary/aromatic N) is 2. The Morgan fingerprint density at radius 3 is 2.44 bits per heavy atom. The molecule has 0 aliphatic carbocycles. The van der Waals surface area contributed by atoms with Crippen LogP contribution < -0.4 is 5.32 Å². The summed E-state index contributed by atoms with van der Waals surface area (Å²) >= 11 is 12.2. The quantitative estimate of drug-likeness (QED) is 0.731. The van der Waals surface area contributed by atoms with Crippen molar-refractivity contribution in [1.29, 1.82) is 0 Å². The number of carbonyl (C=O) groups excluding carboxylic acids is 2. The summed E-state index contributed by atoms with van der Waals surface area (Å²) in [5.74, 6) is -0.330. The Hall–Kier alpha value is -2.08. The zero-order chi connectivity index (χ0) is 19.6. The monoisotopic (exact) mass is 405 g/mol. The van der Waals surface area contributed by atoms with Crippen LogP contribution in [-0.4, -0.2) is 35.0 Å². The predicted molar refractivity (Wildman–Crippen MR) is 107 cm³/mol. The van der Waals surface area contributed by atoms with Gasteiger partial charge in [-0.2, -0.15) is 0 Å². The van der Waals surface area contributed by atoms with E-state index in [1.165, 1.54) is 4.90 Å². The molecule has 7 heteroatoms. The standard InChI is InChI=1S/C20H21Cl2N3O2/c1-3-24(12-14-7-5-4-6-8-14)13-25-18(26)20(2,23-19(25)27)16-10-9-15(21)11-17(16)22/h4-11H,3,12-13H2,1-2H3,(H,23,27)/t20-/m0/s1. The van der Waals surface area contributed by atoms with Crippen molar-refractivity contribution in [3.63, 3.8) is 0 Å². The molecule has 1 atom stereocenters. The normalized spacial score (nSPS) is 19.7. The second-order valence-corrected chi connectivity index (χ2v) is 7.53. The molecule has 0 saturated carbocycles. The average Bonchev–Trinajstić information content (AvgIpc) is 2.85. The van der Waals surface area contributed by atoms with Gasteiger partial charge in [-0.15, -0.1) is 0 Å². The third-order valence-corrected chi connectivity index (χ3v) is 5.33. The molecule has 142 valence electrons. The smallest absolute Gasteiger partial charge is 0.319 e. The molecule has 5 nitrogen and oxygen atoms in total. The number of urea groups is 1. The van der Waals surface area contributed by atoms with Crippen LogP contribution >= 0.6 is 23.2 Å². The highest BCUT2D eigenvalue weighted by Gasteiger charge is 2.50. The lowest BCUT2D eigenvalue weighted by Gasteiger charge is -2.27. The van der Waals surface area contributed by atoms with E-state index in [0.29, 0.717) is 28.7 Å². The maximum Gasteiger partial charge on any atom is 0.326 e. The highest BCUT2D eigenvalue weighted by molar-refractivity contribution is 6.35. The van der Waals surface area contributed by atoms with Gasteiger partial charge >= 0.3 is 6.03 Å². The van der Waals surface area contributed by atoms with Crippen LogP contribution in [0.2, 0.25) is 10.0 Å². The number of carbonyl (C=O) groups is 2. The van der Waals surface area contributed by atoms with Crippen molar-refractivity contribution in [3.05, 3.63) is 69.7 Å². The maximum atomic E-state index is 13.1. The largest absolute Gasteiger partial charge is 0.326 e. The Morgan fingerprint density at radius 1 is 1.11 bits per heavy atom. The molecular formula is C20H21Cl2N3O2. The molecule has 3 amide bonds. The molecule has 3 rings (SSSR count). The summed E-state index contributed by atoms with van der Waals surface area (Å²) in [6, 6.07) is 14.4. The van der Waals surface area contributed by atoms with Gasteiger partial charge in [0, 0.05) is 22.2 Å². The molecule has 1 heterocycles. The summed E-state index contributed by atoms with van der Waals surface area (Å²) in [4.78, 5) is 28.9. The summed E-state index contributed by atoms with van der Waals surface area (Å²) in [5.41, 5.74) is 0.431. The predicted octanol–water partition coefficient (Wildman–Crippen LogP) is 4.24. The van der Waals surface area contributed by atoms with Crippen LogP contribution in [0.4, 0.5) is 4.79 Å². The Balaban J connectivity index is 1.81. The van der Waals surface area contributed by atoms with E-state index in [9.17, 15) is 9.59 Å². The van der Waals surface area contributed by atoms with E-state index in [2.05, 4.69) is 5.32 Å². The van der Waals surface area contributed by atoms with Gasteiger partial charge in [-0.1, -0.05) is 66.5 Å². The van der Waals surface area contributed by atoms with Crippen LogP contribution in [0.25, 0.3) is 0 Å². The van der Waals surface area contributed by atoms with Crippen LogP contribution in [0.1, 0.15) is 25.0 Å². The summed E-state index contributed by atoms with van der Waals surface area (Å²) < 4.78 is 0. The number of imide groups is 1. The van der Waals surface area contributed by atoms with Crippen molar-refractivity contribution in [1.82, 2.24) is 15.1 Å². The summed E-state index contributed by atoms with van der Waals surface area (Å²) in [6.45, 7) is 5.21. The van der Waals surface area contributed by atoms with E-state index >= 15 is 0 Å². The molecule has 0 spiro atoms. The Morgan fingerprint density at radius 2 is 1.81 bits per heavy atom. The SMILES string of the molecule is CCN(Cc1ccccc1)CN1C(=O)N[C@@](C)(c2ccc(Cl)cc2Cl)C1=O. The summed E-state index contributed by atoms with van der Waals surface area (Å²) in [5, 5.41) is 3.60. The molecule has 2 aromatic carbocycles. The molecule has 2 aromatic rings. The number of nitrogens with one attached hydrogen (secondary N) is 1. The minimum atomic E-state index is -1.22. The first-order chi connectivity index (χ1) is 12.8. The molecule has 27 heavy (non-hydrogen) atoms. The molecule has 0 aromatic heterocycles. The molecule has 1 aliphatic rings. The van der Waals surface area contributed by atoms with Gasteiger partial charge in [0.05, 0.1) is 6.67 Å². The van der Waals surface area contributed by atoms with Gasteiger partial charge in [0.2, 0.25) is 0 Å². The van der Waals surface area contributed by atoms with E-state index in [1.807, 2.05) is 42.2 Å². The molecule has 0 radical (unpaired) electrons. The molecule has 0 unspecified atom stereocenters. The van der Waals surface area contributed by atoms with E-state index in [4.69, 9.17) is 23.2 Å². The van der Waals surface area contributed by atoms with Crippen LogP contribution in [0, 0.1) is 0 Å². The average molecular weight is 406 g/mol. The van der Waals surface area contributed by atoms with E-state index in [-0.39, 0.29) is 12.6 Å². The van der Waals surface area contributed by atoms with Gasteiger partial charge in [0.15, 0.2) is 0 Å². The fourth-order valence-corrected chi connectivity index (χ4v) is 3.80. The van der Waals surface area contributed by atoms with E-state index < -0.39 is 11.6 Å². The molecule has 1 saturated heterocycles. The lowest BCUT2D eigenvalue weighted by Crippen LogP contribution is -2.43. The summed E-state index contributed by atoms with van der Waals surface area (Å²) in [6.07, 6.45) is 0. The molecule has 0 bridgehead atoms. The third kappa shape index (κ3) is 3.95. The second kappa shape index (κ2) is 7.89. The first kappa shape index (κ1) is 19.7. The molecule has 1 aliphatic heterocycles. The van der Waals surface area contributed by atoms with Crippen LogP contribution in [-0.2, 0) is 16.9 Å². The van der Waals surface area contributed by atoms with Gasteiger partial charge in [0.25, 0.3) is 5.91 Å². The Bertz CT molecular complexity index is 860. The highest BCUT2D eigenvalue weighted by atomic mass is 35.5. The second-order valence-electron chi connectivity index (χ2n) is 6.68. The van der Waals surface area contributed by atoms with Crippen molar-refractivity contribution in [3.8, 4) is 0 Å². The molecule has 1 fully saturated rings. The Kier molecular flexibility index (Phi) is 5.75. The lowest BCUT2D eigenvalue weighted by atomic mass is 9.92. The van der Waals surface area contributed by atoms with E-state index in [1.54, 1.807) is 25.1 Å². The number of halogens is 2. The van der Waals surface area contributed by atoms with Crippen LogP contribution in [0.15, 0.2) is 48.5 Å². The lowest BCUT2D eigenvalue weighted by molar-refractivity contribution is -0.132. The number of rotatable bonds is 6. The van der Waals surface area contributed by atoms with Gasteiger partial charge in [0.1, 0.15) is 5.54 Å². The Labute approximate surface area is 168 Å². The number of hydrogen-bond donors (Lipinski definition) is 1. The van der Waals surface area contributed by atoms with Crippen LogP contribution in [0.3, 0.4) is 0 Å². The minimum Gasteiger partial charge on any atom is -0.319 e. The zero-order valence-corrected chi connectivity index (χ0v) is 16.7. The van der Waals surface area contributed by atoms with E-state index in [0.717, 1.165) is 5.56 Å². The topological polar surface area (TPSA) is 52.6 Å². The van der Waals surface area contributed by atoms with Gasteiger partial charge in [-0.25, -0.2) is 9.69 Å². The first-order valence-corrected chi connectivity index (χ1v) is 9.46. The number of hydrogen-bond acceptors (Lipinski definition) is 3. The zero-order valence-electron chi connectivity index (χ0n) is 15.2. The van der Waals surface area contributed by atoms with Crippen molar-refractivity contribution in [2.45, 2.75) is 25.9 Å². The third-order valence-electron chi connectivity index (χ3n) is 4.78.